The first-order valence-corrected chi connectivity index (χ1v) is 7.83. The number of nitrogens with zero attached hydrogens (tertiary/aromatic N) is 1. The number of hydrogen-bond donors (Lipinski definition) is 1. The summed E-state index contributed by atoms with van der Waals surface area (Å²) < 4.78 is 5.40. The molecular weight excluding hydrogens is 256 g/mol. The SMILES string of the molecule is CCCCOCCCNC(=O)C(=O)N1CCCCC1C. The molecule has 1 aliphatic heterocycles. The van der Waals surface area contributed by atoms with E-state index in [1.165, 1.54) is 0 Å². The monoisotopic (exact) mass is 284 g/mol. The molecule has 1 atom stereocenters. The zero-order valence-corrected chi connectivity index (χ0v) is 12.8. The minimum absolute atomic E-state index is 0.180. The van der Waals surface area contributed by atoms with Gasteiger partial charge in [0.05, 0.1) is 0 Å². The van der Waals surface area contributed by atoms with Gasteiger partial charge in [0, 0.05) is 32.3 Å². The van der Waals surface area contributed by atoms with Crippen molar-refractivity contribution in [3.8, 4) is 0 Å². The first-order valence-electron chi connectivity index (χ1n) is 7.83. The minimum atomic E-state index is -0.479. The van der Waals surface area contributed by atoms with E-state index >= 15 is 0 Å². The van der Waals surface area contributed by atoms with Gasteiger partial charge in [-0.2, -0.15) is 0 Å². The van der Waals surface area contributed by atoms with Crippen LogP contribution in [0.1, 0.15) is 52.4 Å². The Labute approximate surface area is 122 Å². The van der Waals surface area contributed by atoms with Crippen molar-refractivity contribution >= 4 is 11.8 Å². The molecule has 0 bridgehead atoms. The van der Waals surface area contributed by atoms with Crippen LogP contribution in [0.3, 0.4) is 0 Å². The van der Waals surface area contributed by atoms with Crippen LogP contribution in [0, 0.1) is 0 Å². The van der Waals surface area contributed by atoms with Gasteiger partial charge < -0.3 is 15.0 Å². The van der Waals surface area contributed by atoms with Crippen molar-refractivity contribution in [2.75, 3.05) is 26.3 Å². The molecule has 0 aromatic heterocycles. The quantitative estimate of drug-likeness (QED) is 0.572. The van der Waals surface area contributed by atoms with Crippen molar-refractivity contribution in [3.63, 3.8) is 0 Å². The van der Waals surface area contributed by atoms with Crippen LogP contribution in [0.4, 0.5) is 0 Å². The highest BCUT2D eigenvalue weighted by molar-refractivity contribution is 6.35. The van der Waals surface area contributed by atoms with E-state index in [0.717, 1.165) is 45.1 Å². The van der Waals surface area contributed by atoms with E-state index in [1.54, 1.807) is 4.90 Å². The van der Waals surface area contributed by atoms with E-state index < -0.39 is 5.91 Å². The number of hydrogen-bond acceptors (Lipinski definition) is 3. The first-order chi connectivity index (χ1) is 9.66. The molecule has 1 N–H and O–H groups in total. The van der Waals surface area contributed by atoms with Gasteiger partial charge in [0.1, 0.15) is 0 Å². The van der Waals surface area contributed by atoms with Gasteiger partial charge in [-0.25, -0.2) is 0 Å². The minimum Gasteiger partial charge on any atom is -0.381 e. The zero-order chi connectivity index (χ0) is 14.8. The van der Waals surface area contributed by atoms with Crippen LogP contribution < -0.4 is 5.32 Å². The molecule has 1 rings (SSSR count). The Hall–Kier alpha value is -1.10. The predicted molar refractivity (Wildman–Crippen MR) is 78.4 cm³/mol. The molecule has 2 amide bonds. The van der Waals surface area contributed by atoms with E-state index in [1.807, 2.05) is 6.92 Å². The molecule has 116 valence electrons. The fourth-order valence-corrected chi connectivity index (χ4v) is 2.33. The lowest BCUT2D eigenvalue weighted by Crippen LogP contribution is -2.49. The van der Waals surface area contributed by atoms with Gasteiger partial charge in [-0.05, 0) is 39.0 Å². The van der Waals surface area contributed by atoms with Gasteiger partial charge in [0.2, 0.25) is 0 Å². The third kappa shape index (κ3) is 5.90. The molecule has 1 heterocycles. The van der Waals surface area contributed by atoms with Gasteiger partial charge in [0.15, 0.2) is 0 Å². The Kier molecular flexibility index (Phi) is 8.26. The number of carbonyl (C=O) groups is 2. The number of carbonyl (C=O) groups excluding carboxylic acids is 2. The van der Waals surface area contributed by atoms with E-state index in [0.29, 0.717) is 19.7 Å². The highest BCUT2D eigenvalue weighted by Crippen LogP contribution is 2.16. The Morgan fingerprint density at radius 2 is 2.00 bits per heavy atom. The molecule has 1 aliphatic rings. The van der Waals surface area contributed by atoms with E-state index in [2.05, 4.69) is 12.2 Å². The van der Waals surface area contributed by atoms with Crippen molar-refractivity contribution in [2.45, 2.75) is 58.4 Å². The van der Waals surface area contributed by atoms with Crippen molar-refractivity contribution in [1.29, 1.82) is 0 Å². The summed E-state index contributed by atoms with van der Waals surface area (Å²) >= 11 is 0. The van der Waals surface area contributed by atoms with Crippen LogP contribution in [0.2, 0.25) is 0 Å². The molecule has 0 aliphatic carbocycles. The van der Waals surface area contributed by atoms with Crippen LogP contribution in [-0.4, -0.2) is 49.1 Å². The van der Waals surface area contributed by atoms with E-state index in [9.17, 15) is 9.59 Å². The van der Waals surface area contributed by atoms with Gasteiger partial charge in [-0.15, -0.1) is 0 Å². The summed E-state index contributed by atoms with van der Waals surface area (Å²) in [6.45, 7) is 6.73. The third-order valence-electron chi connectivity index (χ3n) is 3.65. The fraction of sp³-hybridized carbons (Fsp3) is 0.867. The third-order valence-corrected chi connectivity index (χ3v) is 3.65. The van der Waals surface area contributed by atoms with Crippen molar-refractivity contribution in [3.05, 3.63) is 0 Å². The maximum absolute atomic E-state index is 12.0. The maximum Gasteiger partial charge on any atom is 0.312 e. The van der Waals surface area contributed by atoms with Crippen molar-refractivity contribution in [1.82, 2.24) is 10.2 Å². The van der Waals surface area contributed by atoms with Crippen LogP contribution in [-0.2, 0) is 14.3 Å². The van der Waals surface area contributed by atoms with Crippen LogP contribution in [0.25, 0.3) is 0 Å². The topological polar surface area (TPSA) is 58.6 Å². The van der Waals surface area contributed by atoms with Crippen LogP contribution >= 0.6 is 0 Å². The standard InChI is InChI=1S/C15H28N2O3/c1-3-4-11-20-12-7-9-16-14(18)15(19)17-10-6-5-8-13(17)2/h13H,3-12H2,1-2H3,(H,16,18). The molecule has 0 aromatic carbocycles. The predicted octanol–water partition coefficient (Wildman–Crippen LogP) is 1.71. The lowest BCUT2D eigenvalue weighted by atomic mass is 10.0. The Bertz CT molecular complexity index is 307. The summed E-state index contributed by atoms with van der Waals surface area (Å²) in [7, 11) is 0. The molecule has 5 nitrogen and oxygen atoms in total. The molecule has 0 aromatic rings. The smallest absolute Gasteiger partial charge is 0.312 e. The lowest BCUT2D eigenvalue weighted by Gasteiger charge is -2.32. The number of piperidine rings is 1. The Balaban J connectivity index is 2.13. The molecule has 20 heavy (non-hydrogen) atoms. The molecule has 0 saturated carbocycles. The second kappa shape index (κ2) is 9.75. The summed E-state index contributed by atoms with van der Waals surface area (Å²) in [5.41, 5.74) is 0. The van der Waals surface area contributed by atoms with Gasteiger partial charge in [0.25, 0.3) is 0 Å². The van der Waals surface area contributed by atoms with Crippen LogP contribution in [0.15, 0.2) is 0 Å². The molecule has 1 saturated heterocycles. The average Bonchev–Trinajstić information content (AvgIpc) is 2.46. The van der Waals surface area contributed by atoms with Gasteiger partial charge in [-0.3, -0.25) is 9.59 Å². The number of likely N-dealkylation sites (tertiary alicyclic amines) is 1. The first kappa shape index (κ1) is 17.0. The Morgan fingerprint density at radius 3 is 2.70 bits per heavy atom. The second-order valence-electron chi connectivity index (χ2n) is 5.42. The summed E-state index contributed by atoms with van der Waals surface area (Å²) in [5, 5.41) is 2.68. The molecule has 0 spiro atoms. The van der Waals surface area contributed by atoms with Crippen molar-refractivity contribution in [2.24, 2.45) is 0 Å². The van der Waals surface area contributed by atoms with E-state index in [-0.39, 0.29) is 11.9 Å². The lowest BCUT2D eigenvalue weighted by molar-refractivity contribution is -0.148. The Morgan fingerprint density at radius 1 is 1.25 bits per heavy atom. The number of amides is 2. The van der Waals surface area contributed by atoms with Crippen LogP contribution in [0.5, 0.6) is 0 Å². The number of rotatable bonds is 7. The summed E-state index contributed by atoms with van der Waals surface area (Å²) in [5.74, 6) is -0.864. The zero-order valence-electron chi connectivity index (χ0n) is 12.8. The second-order valence-corrected chi connectivity index (χ2v) is 5.42. The molecular formula is C15H28N2O3. The summed E-state index contributed by atoms with van der Waals surface area (Å²) in [6, 6.07) is 0.180. The van der Waals surface area contributed by atoms with Gasteiger partial charge in [-0.1, -0.05) is 13.3 Å². The largest absolute Gasteiger partial charge is 0.381 e. The molecule has 0 radical (unpaired) electrons. The van der Waals surface area contributed by atoms with Gasteiger partial charge >= 0.3 is 11.8 Å². The average molecular weight is 284 g/mol. The number of nitrogens with one attached hydrogen (secondary N) is 1. The summed E-state index contributed by atoms with van der Waals surface area (Å²) in [4.78, 5) is 25.5. The number of ether oxygens (including phenoxy) is 1. The summed E-state index contributed by atoms with van der Waals surface area (Å²) in [6.07, 6.45) is 6.07. The van der Waals surface area contributed by atoms with Crippen molar-refractivity contribution < 1.29 is 14.3 Å². The maximum atomic E-state index is 12.0. The normalized spacial score (nSPS) is 18.9. The molecule has 1 fully saturated rings. The highest BCUT2D eigenvalue weighted by atomic mass is 16.5. The van der Waals surface area contributed by atoms with E-state index in [4.69, 9.17) is 4.74 Å². The molecule has 1 unspecified atom stereocenters. The molecule has 5 heteroatoms. The highest BCUT2D eigenvalue weighted by Gasteiger charge is 2.27. The fourth-order valence-electron chi connectivity index (χ4n) is 2.33. The number of unbranched alkanes of at least 4 members (excludes halogenated alkanes) is 1.